The first-order valence-corrected chi connectivity index (χ1v) is 14.4. The number of hydrogen-bond donors (Lipinski definition) is 12. The number of aromatic hydroxyl groups is 12. The maximum absolute atomic E-state index is 13.3. The first-order valence-electron chi connectivity index (χ1n) is 12.8. The van der Waals surface area contributed by atoms with Gasteiger partial charge in [-0.2, -0.15) is 0 Å². The van der Waals surface area contributed by atoms with E-state index in [1.807, 2.05) is 0 Å². The van der Waals surface area contributed by atoms with Crippen LogP contribution in [0.4, 0.5) is 0 Å². The molecule has 0 saturated carbocycles. The zero-order valence-electron chi connectivity index (χ0n) is 23.8. The Kier molecular flexibility index (Phi) is 8.97. The Labute approximate surface area is 271 Å². The molecule has 0 aliphatic heterocycles. The maximum Gasteiger partial charge on any atom is 0.975 e. The molecule has 0 fully saturated rings. The van der Waals surface area contributed by atoms with Crippen LogP contribution in [0.2, 0.25) is 0 Å². The average Bonchev–Trinajstić information content (AvgIpc) is 3.02. The van der Waals surface area contributed by atoms with Gasteiger partial charge < -0.3 is 79.0 Å². The summed E-state index contributed by atoms with van der Waals surface area (Å²) in [6.07, 6.45) is 0. The van der Waals surface area contributed by atoms with Crippen molar-refractivity contribution in [1.29, 1.82) is 0 Å². The van der Waals surface area contributed by atoms with Crippen molar-refractivity contribution >= 4 is 32.9 Å². The van der Waals surface area contributed by atoms with Gasteiger partial charge in [-0.25, -0.2) is 19.2 Å². The number of carbonyl (C=O) groups is 4. The van der Waals surface area contributed by atoms with E-state index in [2.05, 4.69) is 0 Å². The molecule has 49 heavy (non-hydrogen) atoms. The van der Waals surface area contributed by atoms with Crippen molar-refractivity contribution in [2.45, 2.75) is 0 Å². The molecule has 0 unspecified atom stereocenters. The summed E-state index contributed by atoms with van der Waals surface area (Å²) in [7, 11) is -6.27. The van der Waals surface area contributed by atoms with Gasteiger partial charge in [0.25, 0.3) is 0 Å². The van der Waals surface area contributed by atoms with E-state index in [0.29, 0.717) is 48.5 Å². The number of phenolic OH excluding ortho intramolecular Hbond substituents is 12. The first-order chi connectivity index (χ1) is 22.8. The summed E-state index contributed by atoms with van der Waals surface area (Å²) in [6.45, 7) is 0. The van der Waals surface area contributed by atoms with Crippen LogP contribution in [0.15, 0.2) is 48.5 Å². The summed E-state index contributed by atoms with van der Waals surface area (Å²) in [5.74, 6) is -20.8. The van der Waals surface area contributed by atoms with Gasteiger partial charge in [-0.05, 0) is 48.5 Å². The normalized spacial score (nSPS) is 10.9. The molecule has 4 rings (SSSR count). The molecule has 0 aliphatic carbocycles. The van der Waals surface area contributed by atoms with E-state index in [0.717, 1.165) is 0 Å². The van der Waals surface area contributed by atoms with Crippen LogP contribution in [-0.2, 0) is 17.7 Å². The molecule has 256 valence electrons. The van der Waals surface area contributed by atoms with Gasteiger partial charge >= 0.3 is 32.9 Å². The van der Waals surface area contributed by atoms with E-state index in [9.17, 15) is 80.5 Å². The minimum Gasteiger partial charge on any atom is -0.504 e. The van der Waals surface area contributed by atoms with Crippen molar-refractivity contribution in [1.82, 2.24) is 0 Å². The van der Waals surface area contributed by atoms with Crippen LogP contribution in [0.25, 0.3) is 0 Å². The summed E-state index contributed by atoms with van der Waals surface area (Å²) >= 11 is 0. The first kappa shape index (κ1) is 34.5. The van der Waals surface area contributed by atoms with E-state index in [4.69, 9.17) is 17.7 Å². The van der Waals surface area contributed by atoms with E-state index >= 15 is 0 Å². The summed E-state index contributed by atoms with van der Waals surface area (Å²) in [5.41, 5.74) is -3.58. The quantitative estimate of drug-likeness (QED) is 0.0908. The van der Waals surface area contributed by atoms with Crippen molar-refractivity contribution in [3.05, 3.63) is 70.8 Å². The Morgan fingerprint density at radius 2 is 0.469 bits per heavy atom. The molecule has 0 aromatic heterocycles. The highest BCUT2D eigenvalue weighted by molar-refractivity contribution is 6.62. The highest BCUT2D eigenvalue weighted by atomic mass is 28.4. The fraction of sp³-hybridized carbons (Fsp3) is 0. The maximum atomic E-state index is 13.3. The smallest absolute Gasteiger partial charge is 0.504 e. The number of rotatable bonds is 8. The Morgan fingerprint density at radius 1 is 0.327 bits per heavy atom. The minimum absolute atomic E-state index is 0.476. The van der Waals surface area contributed by atoms with Gasteiger partial charge in [-0.3, -0.25) is 0 Å². The van der Waals surface area contributed by atoms with Crippen LogP contribution in [0, 0.1) is 0 Å². The number of carbonyl (C=O) groups excluding carboxylic acids is 4. The number of phenols is 12. The molecule has 0 heterocycles. The highest BCUT2D eigenvalue weighted by Crippen LogP contribution is 2.40. The van der Waals surface area contributed by atoms with Gasteiger partial charge in [0.15, 0.2) is 69.0 Å². The fourth-order valence-corrected chi connectivity index (χ4v) is 5.33. The number of hydrogen-bond acceptors (Lipinski definition) is 20. The second kappa shape index (κ2) is 12.8. The van der Waals surface area contributed by atoms with Crippen molar-refractivity contribution < 1.29 is 98.2 Å². The van der Waals surface area contributed by atoms with Crippen LogP contribution < -0.4 is 0 Å². The molecule has 0 saturated heterocycles. The third-order valence-electron chi connectivity index (χ3n) is 6.09. The molecule has 0 bridgehead atoms. The monoisotopic (exact) mass is 704 g/mol. The number of benzene rings is 4. The predicted molar refractivity (Wildman–Crippen MR) is 153 cm³/mol. The largest absolute Gasteiger partial charge is 0.975 e. The lowest BCUT2D eigenvalue weighted by molar-refractivity contribution is -0.00350. The molecule has 21 heteroatoms. The topological polar surface area (TPSA) is 348 Å². The molecule has 0 amide bonds. The minimum atomic E-state index is -6.27. The SMILES string of the molecule is O=C(O[Si](OC(=O)c1cc(O)c(O)c(O)c1)(OC(=O)c1cc(O)c(O)c(O)c1)OC(=O)c1cc(O)c(O)c(O)c1)c1cc(O)c(O)c(O)c1. The molecule has 0 atom stereocenters. The van der Waals surface area contributed by atoms with Gasteiger partial charge in [0.1, 0.15) is 0 Å². The molecule has 0 radical (unpaired) electrons. The van der Waals surface area contributed by atoms with Crippen LogP contribution >= 0.6 is 0 Å². The molecular formula is C28H20O20Si. The zero-order valence-corrected chi connectivity index (χ0v) is 24.8. The Morgan fingerprint density at radius 3 is 0.612 bits per heavy atom. The Balaban J connectivity index is 1.91. The average molecular weight is 705 g/mol. The third-order valence-corrected chi connectivity index (χ3v) is 7.83. The molecule has 4 aromatic rings. The van der Waals surface area contributed by atoms with Crippen LogP contribution in [0.1, 0.15) is 41.4 Å². The van der Waals surface area contributed by atoms with Crippen molar-refractivity contribution in [3.8, 4) is 69.0 Å². The Bertz CT molecular complexity index is 1660. The zero-order chi connectivity index (χ0) is 36.5. The van der Waals surface area contributed by atoms with Crippen molar-refractivity contribution in [3.63, 3.8) is 0 Å². The van der Waals surface area contributed by atoms with Crippen LogP contribution in [-0.4, -0.2) is 94.2 Å². The summed E-state index contributed by atoms with van der Waals surface area (Å²) in [6, 6.07) is 3.81. The molecule has 12 N–H and O–H groups in total. The van der Waals surface area contributed by atoms with E-state index in [1.54, 1.807) is 0 Å². The fourth-order valence-electron chi connectivity index (χ4n) is 3.70. The van der Waals surface area contributed by atoms with Crippen LogP contribution in [0.5, 0.6) is 69.0 Å². The summed E-state index contributed by atoms with van der Waals surface area (Å²) in [5, 5.41) is 118. The van der Waals surface area contributed by atoms with Crippen molar-refractivity contribution in [2.75, 3.05) is 0 Å². The third kappa shape index (κ3) is 7.05. The van der Waals surface area contributed by atoms with E-state index < -0.39 is 124 Å². The van der Waals surface area contributed by atoms with Gasteiger partial charge in [0.2, 0.25) is 0 Å². The van der Waals surface area contributed by atoms with Gasteiger partial charge in [0, 0.05) is 0 Å². The van der Waals surface area contributed by atoms with Gasteiger partial charge in [-0.1, -0.05) is 0 Å². The molecule has 4 aromatic carbocycles. The molecule has 0 spiro atoms. The standard InChI is InChI=1S/C28H20O20Si/c29-13-1-9(2-14(30)21(13)37)25(41)45-49(46-26(42)10-3-15(31)22(38)16(32)4-10,47-27(43)11-5-17(33)23(39)18(34)6-11)48-28(44)12-7-19(35)24(40)20(36)8-12/h1-8,29-40H. The predicted octanol–water partition coefficient (Wildman–Crippen LogP) is 1.32. The highest BCUT2D eigenvalue weighted by Gasteiger charge is 2.64. The van der Waals surface area contributed by atoms with Gasteiger partial charge in [-0.15, -0.1) is 0 Å². The summed E-state index contributed by atoms with van der Waals surface area (Å²) < 4.78 is 20.2. The lowest BCUT2D eigenvalue weighted by Crippen LogP contribution is -2.54. The van der Waals surface area contributed by atoms with Crippen molar-refractivity contribution in [2.24, 2.45) is 0 Å². The van der Waals surface area contributed by atoms with Gasteiger partial charge in [0.05, 0.1) is 22.3 Å². The lowest BCUT2D eigenvalue weighted by atomic mass is 10.2. The van der Waals surface area contributed by atoms with E-state index in [-0.39, 0.29) is 0 Å². The lowest BCUT2D eigenvalue weighted by Gasteiger charge is -2.25. The second-order valence-electron chi connectivity index (χ2n) is 9.51. The summed E-state index contributed by atoms with van der Waals surface area (Å²) in [4.78, 5) is 53.1. The van der Waals surface area contributed by atoms with Crippen LogP contribution in [0.3, 0.4) is 0 Å². The van der Waals surface area contributed by atoms with E-state index in [1.165, 1.54) is 0 Å². The Hall–Kier alpha value is -7.42. The second-order valence-corrected chi connectivity index (χ2v) is 11.3. The molecular weight excluding hydrogens is 684 g/mol. The molecule has 0 aliphatic rings. The molecule has 20 nitrogen and oxygen atoms in total.